The third-order valence-corrected chi connectivity index (χ3v) is 2.67. The largest absolute Gasteiger partial charge is 0.387 e. The van der Waals surface area contributed by atoms with Crippen LogP contribution < -0.4 is 10.6 Å². The molecule has 0 aliphatic rings. The average Bonchev–Trinajstić information content (AvgIpc) is 2.45. The van der Waals surface area contributed by atoms with Crippen LogP contribution in [0.3, 0.4) is 0 Å². The summed E-state index contributed by atoms with van der Waals surface area (Å²) >= 11 is 0. The maximum Gasteiger partial charge on any atom is 0.250 e. The number of aryl methyl sites for hydroxylation is 1. The molecule has 0 bridgehead atoms. The third-order valence-electron chi connectivity index (χ3n) is 2.67. The summed E-state index contributed by atoms with van der Waals surface area (Å²) in [6, 6.07) is 7.57. The highest BCUT2D eigenvalue weighted by molar-refractivity contribution is 5.91. The van der Waals surface area contributed by atoms with Crippen LogP contribution in [0.15, 0.2) is 24.3 Å². The van der Waals surface area contributed by atoms with Gasteiger partial charge in [-0.1, -0.05) is 26.0 Å². The molecule has 0 fully saturated rings. The molecule has 1 rings (SSSR count). The van der Waals surface area contributed by atoms with E-state index in [0.717, 1.165) is 24.2 Å². The number of carbonyl (C=O) groups is 1. The smallest absolute Gasteiger partial charge is 0.250 e. The molecule has 1 aromatic rings. The summed E-state index contributed by atoms with van der Waals surface area (Å²) in [4.78, 5) is 10.8. The monoisotopic (exact) mass is 294 g/mol. The Bertz CT molecular complexity index is 411. The SMILES string of the molecule is CCCNC(C)(C)C.CCc1cccc(NC(=O)CO)c1. The van der Waals surface area contributed by atoms with Crippen LogP contribution in [0.25, 0.3) is 0 Å². The van der Waals surface area contributed by atoms with Gasteiger partial charge in [0.25, 0.3) is 0 Å². The number of nitrogens with one attached hydrogen (secondary N) is 2. The van der Waals surface area contributed by atoms with Crippen molar-refractivity contribution in [3.05, 3.63) is 29.8 Å². The second-order valence-corrected chi connectivity index (χ2v) is 5.94. The van der Waals surface area contributed by atoms with Gasteiger partial charge in [-0.15, -0.1) is 0 Å². The molecule has 0 aliphatic heterocycles. The van der Waals surface area contributed by atoms with Crippen molar-refractivity contribution in [1.29, 1.82) is 0 Å². The minimum absolute atomic E-state index is 0.302. The van der Waals surface area contributed by atoms with E-state index in [2.05, 4.69) is 38.3 Å². The normalized spacial score (nSPS) is 10.6. The molecule has 0 saturated carbocycles. The molecule has 1 aromatic carbocycles. The highest BCUT2D eigenvalue weighted by atomic mass is 16.3. The molecule has 0 spiro atoms. The van der Waals surface area contributed by atoms with Crippen molar-refractivity contribution in [2.45, 2.75) is 53.0 Å². The Morgan fingerprint density at radius 1 is 1.24 bits per heavy atom. The Balaban J connectivity index is 0.000000433. The first-order valence-corrected chi connectivity index (χ1v) is 7.57. The molecule has 0 aromatic heterocycles. The lowest BCUT2D eigenvalue weighted by Crippen LogP contribution is -2.36. The number of carbonyl (C=O) groups excluding carboxylic acids is 1. The molecular weight excluding hydrogens is 264 g/mol. The lowest BCUT2D eigenvalue weighted by molar-refractivity contribution is -0.118. The Labute approximate surface area is 129 Å². The lowest BCUT2D eigenvalue weighted by atomic mass is 10.1. The first-order valence-electron chi connectivity index (χ1n) is 7.57. The molecule has 21 heavy (non-hydrogen) atoms. The number of amides is 1. The van der Waals surface area contributed by atoms with E-state index < -0.39 is 6.61 Å². The van der Waals surface area contributed by atoms with Gasteiger partial charge in [-0.2, -0.15) is 0 Å². The van der Waals surface area contributed by atoms with Crippen molar-refractivity contribution in [1.82, 2.24) is 5.32 Å². The zero-order valence-corrected chi connectivity index (χ0v) is 14.0. The van der Waals surface area contributed by atoms with E-state index in [1.54, 1.807) is 6.07 Å². The summed E-state index contributed by atoms with van der Waals surface area (Å²) < 4.78 is 0. The van der Waals surface area contributed by atoms with Gasteiger partial charge in [0.15, 0.2) is 0 Å². The maximum atomic E-state index is 10.8. The zero-order chi connectivity index (χ0) is 16.3. The lowest BCUT2D eigenvalue weighted by Gasteiger charge is -2.19. The average molecular weight is 294 g/mol. The summed E-state index contributed by atoms with van der Waals surface area (Å²) in [6.45, 7) is 11.4. The molecule has 0 atom stereocenters. The van der Waals surface area contributed by atoms with Crippen LogP contribution in [0.5, 0.6) is 0 Å². The van der Waals surface area contributed by atoms with Gasteiger partial charge in [-0.3, -0.25) is 4.79 Å². The number of benzene rings is 1. The standard InChI is InChI=1S/C10H13NO2.C7H17N/c1-2-8-4-3-5-9(6-8)11-10(13)7-12;1-5-6-8-7(2,3)4/h3-6,12H,2,7H2,1H3,(H,11,13);8H,5-6H2,1-4H3. The fourth-order valence-electron chi connectivity index (χ4n) is 1.57. The van der Waals surface area contributed by atoms with Gasteiger partial charge in [0.2, 0.25) is 5.91 Å². The predicted molar refractivity (Wildman–Crippen MR) is 89.6 cm³/mol. The van der Waals surface area contributed by atoms with Gasteiger partial charge < -0.3 is 15.7 Å². The number of aliphatic hydroxyl groups excluding tert-OH is 1. The summed E-state index contributed by atoms with van der Waals surface area (Å²) in [5.41, 5.74) is 2.20. The van der Waals surface area contributed by atoms with Crippen LogP contribution in [0.1, 0.15) is 46.6 Å². The maximum absolute atomic E-state index is 10.8. The molecule has 4 heteroatoms. The fourth-order valence-corrected chi connectivity index (χ4v) is 1.57. The molecular formula is C17H30N2O2. The topological polar surface area (TPSA) is 61.4 Å². The van der Waals surface area contributed by atoms with E-state index in [9.17, 15) is 4.79 Å². The van der Waals surface area contributed by atoms with Crippen LogP contribution in [0.2, 0.25) is 0 Å². The molecule has 120 valence electrons. The molecule has 0 saturated heterocycles. The quantitative estimate of drug-likeness (QED) is 0.782. The molecule has 3 N–H and O–H groups in total. The van der Waals surface area contributed by atoms with Crippen molar-refractivity contribution in [2.24, 2.45) is 0 Å². The van der Waals surface area contributed by atoms with Crippen LogP contribution in [0, 0.1) is 0 Å². The van der Waals surface area contributed by atoms with Crippen LogP contribution in [-0.2, 0) is 11.2 Å². The Hall–Kier alpha value is -1.39. The number of anilines is 1. The highest BCUT2D eigenvalue weighted by Gasteiger charge is 2.05. The second-order valence-electron chi connectivity index (χ2n) is 5.94. The van der Waals surface area contributed by atoms with Crippen LogP contribution >= 0.6 is 0 Å². The molecule has 0 radical (unpaired) electrons. The second kappa shape index (κ2) is 10.4. The van der Waals surface area contributed by atoms with Gasteiger partial charge in [-0.25, -0.2) is 0 Å². The van der Waals surface area contributed by atoms with Crippen LogP contribution in [0.4, 0.5) is 5.69 Å². The summed E-state index contributed by atoms with van der Waals surface area (Å²) in [6.07, 6.45) is 2.15. The van der Waals surface area contributed by atoms with Crippen molar-refractivity contribution in [3.8, 4) is 0 Å². The third kappa shape index (κ3) is 11.0. The van der Waals surface area contributed by atoms with E-state index in [1.807, 2.05) is 25.1 Å². The molecule has 0 aliphatic carbocycles. The van der Waals surface area contributed by atoms with Crippen molar-refractivity contribution < 1.29 is 9.90 Å². The summed E-state index contributed by atoms with van der Waals surface area (Å²) in [5.74, 6) is -0.381. The van der Waals surface area contributed by atoms with E-state index >= 15 is 0 Å². The molecule has 1 amide bonds. The molecule has 0 unspecified atom stereocenters. The Morgan fingerprint density at radius 2 is 1.90 bits per heavy atom. The highest BCUT2D eigenvalue weighted by Crippen LogP contribution is 2.10. The summed E-state index contributed by atoms with van der Waals surface area (Å²) in [5, 5.41) is 14.5. The Kier molecular flexibility index (Phi) is 9.67. The first kappa shape index (κ1) is 19.6. The number of hydrogen-bond donors (Lipinski definition) is 3. The zero-order valence-electron chi connectivity index (χ0n) is 14.0. The van der Waals surface area contributed by atoms with Crippen molar-refractivity contribution in [2.75, 3.05) is 18.5 Å². The van der Waals surface area contributed by atoms with Gasteiger partial charge in [-0.05, 0) is 57.9 Å². The van der Waals surface area contributed by atoms with Crippen LogP contribution in [-0.4, -0.2) is 29.7 Å². The van der Waals surface area contributed by atoms with Crippen molar-refractivity contribution in [3.63, 3.8) is 0 Å². The first-order chi connectivity index (χ1) is 9.82. The number of rotatable bonds is 5. The number of aliphatic hydroxyl groups is 1. The van der Waals surface area contributed by atoms with Gasteiger partial charge in [0.05, 0.1) is 0 Å². The van der Waals surface area contributed by atoms with Crippen molar-refractivity contribution >= 4 is 11.6 Å². The minimum Gasteiger partial charge on any atom is -0.387 e. The molecule has 4 nitrogen and oxygen atoms in total. The Morgan fingerprint density at radius 3 is 2.33 bits per heavy atom. The van der Waals surface area contributed by atoms with E-state index in [1.165, 1.54) is 6.42 Å². The predicted octanol–water partition coefficient (Wildman–Crippen LogP) is 2.96. The van der Waals surface area contributed by atoms with E-state index in [-0.39, 0.29) is 5.91 Å². The van der Waals surface area contributed by atoms with Gasteiger partial charge in [0, 0.05) is 11.2 Å². The van der Waals surface area contributed by atoms with E-state index in [4.69, 9.17) is 5.11 Å². The number of hydrogen-bond acceptors (Lipinski definition) is 3. The summed E-state index contributed by atoms with van der Waals surface area (Å²) in [7, 11) is 0. The van der Waals surface area contributed by atoms with Gasteiger partial charge in [0.1, 0.15) is 6.61 Å². The van der Waals surface area contributed by atoms with E-state index in [0.29, 0.717) is 5.54 Å². The fraction of sp³-hybridized carbons (Fsp3) is 0.588. The minimum atomic E-state index is -0.476. The molecule has 0 heterocycles. The van der Waals surface area contributed by atoms with Gasteiger partial charge >= 0.3 is 0 Å².